The summed E-state index contributed by atoms with van der Waals surface area (Å²) in [6, 6.07) is 4.10. The van der Waals surface area contributed by atoms with E-state index in [1.165, 1.54) is 12.1 Å². The Morgan fingerprint density at radius 3 is 2.62 bits per heavy atom. The van der Waals surface area contributed by atoms with Crippen molar-refractivity contribution in [3.63, 3.8) is 0 Å². The van der Waals surface area contributed by atoms with E-state index in [4.69, 9.17) is 4.74 Å². The monoisotopic (exact) mass is 478 g/mol. The number of H-pyrrole nitrogens is 1. The van der Waals surface area contributed by atoms with Gasteiger partial charge < -0.3 is 19.7 Å². The fraction of sp³-hybridized carbons (Fsp3) is 0.704. The Labute approximate surface area is 199 Å². The molecule has 188 valence electrons. The lowest BCUT2D eigenvalue weighted by Gasteiger charge is -2.49. The van der Waals surface area contributed by atoms with Gasteiger partial charge in [0.1, 0.15) is 0 Å². The minimum absolute atomic E-state index is 0.127. The summed E-state index contributed by atoms with van der Waals surface area (Å²) in [6.07, 6.45) is 0.398. The van der Waals surface area contributed by atoms with E-state index < -0.39 is 17.3 Å². The van der Waals surface area contributed by atoms with Crippen molar-refractivity contribution in [1.82, 2.24) is 9.88 Å². The maximum atomic E-state index is 13.4. The summed E-state index contributed by atoms with van der Waals surface area (Å²) < 4.78 is 45.7. The van der Waals surface area contributed by atoms with Crippen molar-refractivity contribution < 1.29 is 23.0 Å². The molecule has 3 aliphatic rings. The maximum absolute atomic E-state index is 13.4. The number of benzene rings is 1. The fourth-order valence-electron chi connectivity index (χ4n) is 7.03. The summed E-state index contributed by atoms with van der Waals surface area (Å²) in [7, 11) is 0. The highest BCUT2D eigenvalue weighted by Crippen LogP contribution is 2.48. The van der Waals surface area contributed by atoms with Gasteiger partial charge in [-0.05, 0) is 101 Å². The van der Waals surface area contributed by atoms with E-state index in [-0.39, 0.29) is 11.3 Å². The Bertz CT molecular complexity index is 1030. The summed E-state index contributed by atoms with van der Waals surface area (Å²) in [5.41, 5.74) is 1.57. The van der Waals surface area contributed by atoms with Crippen LogP contribution in [-0.4, -0.2) is 53.4 Å². The third kappa shape index (κ3) is 4.18. The molecule has 3 heterocycles. The van der Waals surface area contributed by atoms with Crippen molar-refractivity contribution >= 4 is 10.9 Å². The number of ether oxygens (including phenoxy) is 1. The van der Waals surface area contributed by atoms with E-state index in [0.717, 1.165) is 73.9 Å². The van der Waals surface area contributed by atoms with Crippen LogP contribution in [0.5, 0.6) is 0 Å². The van der Waals surface area contributed by atoms with E-state index in [2.05, 4.69) is 16.8 Å². The van der Waals surface area contributed by atoms with Crippen molar-refractivity contribution in [3.8, 4) is 0 Å². The fourth-order valence-corrected chi connectivity index (χ4v) is 7.03. The predicted molar refractivity (Wildman–Crippen MR) is 127 cm³/mol. The van der Waals surface area contributed by atoms with Crippen LogP contribution >= 0.6 is 0 Å². The number of nitrogens with one attached hydrogen (secondary N) is 1. The van der Waals surface area contributed by atoms with E-state index >= 15 is 0 Å². The standard InChI is InChI=1S/C27H37F3N2O2/c1-17-21-16-32(11-7-26(25(2,3)33)8-12-34-13-9-26)10-6-18(21)14-23-24(17)20-15-19(27(28,29)30)4-5-22(20)31-23/h4-5,15,17-18,21,31,33H,6-14,16H2,1-3H3/t17-,18?,21-/m1/s1. The van der Waals surface area contributed by atoms with Gasteiger partial charge in [0.2, 0.25) is 0 Å². The number of aromatic nitrogens is 1. The Morgan fingerprint density at radius 2 is 1.94 bits per heavy atom. The van der Waals surface area contributed by atoms with Crippen molar-refractivity contribution in [2.75, 3.05) is 32.8 Å². The Morgan fingerprint density at radius 1 is 1.21 bits per heavy atom. The molecule has 0 amide bonds. The SMILES string of the molecule is C[C@H]1c2c([nH]c3ccc(C(F)(F)F)cc23)CC2CCN(CCC3(C(C)(C)O)CCOCC3)C[C@@H]21. The number of likely N-dealkylation sites (tertiary alicyclic amines) is 1. The Kier molecular flexibility index (Phi) is 6.05. The first-order valence-electron chi connectivity index (χ1n) is 12.7. The zero-order valence-electron chi connectivity index (χ0n) is 20.5. The van der Waals surface area contributed by atoms with Gasteiger partial charge in [-0.25, -0.2) is 0 Å². The van der Waals surface area contributed by atoms with Gasteiger partial charge in [0.15, 0.2) is 0 Å². The molecule has 2 aliphatic heterocycles. The maximum Gasteiger partial charge on any atom is 0.416 e. The molecule has 2 saturated heterocycles. The van der Waals surface area contributed by atoms with Crippen LogP contribution in [0, 0.1) is 17.3 Å². The van der Waals surface area contributed by atoms with E-state index in [1.54, 1.807) is 6.07 Å². The highest BCUT2D eigenvalue weighted by Gasteiger charge is 2.46. The lowest BCUT2D eigenvalue weighted by Crippen LogP contribution is -2.51. The smallest absolute Gasteiger partial charge is 0.390 e. The number of nitrogens with zero attached hydrogens (tertiary/aromatic N) is 1. The van der Waals surface area contributed by atoms with Crippen LogP contribution < -0.4 is 0 Å². The number of alkyl halides is 3. The Balaban J connectivity index is 1.35. The molecule has 2 fully saturated rings. The van der Waals surface area contributed by atoms with Gasteiger partial charge >= 0.3 is 6.18 Å². The molecule has 2 N–H and O–H groups in total. The van der Waals surface area contributed by atoms with Gasteiger partial charge in [-0.2, -0.15) is 13.2 Å². The second kappa shape index (κ2) is 8.52. The largest absolute Gasteiger partial charge is 0.416 e. The topological polar surface area (TPSA) is 48.5 Å². The van der Waals surface area contributed by atoms with Crippen LogP contribution in [-0.2, 0) is 17.3 Å². The summed E-state index contributed by atoms with van der Waals surface area (Å²) >= 11 is 0. The second-order valence-corrected chi connectivity index (χ2v) is 11.5. The van der Waals surface area contributed by atoms with Crippen molar-refractivity contribution in [2.24, 2.45) is 17.3 Å². The number of fused-ring (bicyclic) bond motifs is 4. The van der Waals surface area contributed by atoms with Gasteiger partial charge in [0.25, 0.3) is 0 Å². The van der Waals surface area contributed by atoms with E-state index in [0.29, 0.717) is 25.0 Å². The predicted octanol–water partition coefficient (Wildman–Crippen LogP) is 5.74. The normalized spacial score (nSPS) is 28.0. The lowest BCUT2D eigenvalue weighted by atomic mass is 9.65. The average Bonchev–Trinajstić information content (AvgIpc) is 3.15. The first-order valence-corrected chi connectivity index (χ1v) is 12.7. The minimum Gasteiger partial charge on any atom is -0.390 e. The molecule has 1 aliphatic carbocycles. The Hall–Kier alpha value is -1.57. The number of aliphatic hydroxyl groups is 1. The molecule has 1 aromatic heterocycles. The molecule has 7 heteroatoms. The summed E-state index contributed by atoms with van der Waals surface area (Å²) in [5, 5.41) is 11.7. The zero-order valence-corrected chi connectivity index (χ0v) is 20.5. The quantitative estimate of drug-likeness (QED) is 0.589. The highest BCUT2D eigenvalue weighted by molar-refractivity contribution is 5.86. The molecule has 34 heavy (non-hydrogen) atoms. The minimum atomic E-state index is -4.33. The second-order valence-electron chi connectivity index (χ2n) is 11.5. The average molecular weight is 479 g/mol. The van der Waals surface area contributed by atoms with Crippen LogP contribution in [0.15, 0.2) is 18.2 Å². The number of aromatic amines is 1. The van der Waals surface area contributed by atoms with Crippen molar-refractivity contribution in [2.45, 2.75) is 70.6 Å². The van der Waals surface area contributed by atoms with E-state index in [1.807, 2.05) is 13.8 Å². The van der Waals surface area contributed by atoms with Gasteiger partial charge in [-0.1, -0.05) is 6.92 Å². The molecule has 4 nitrogen and oxygen atoms in total. The van der Waals surface area contributed by atoms with Gasteiger partial charge in [0.05, 0.1) is 11.2 Å². The van der Waals surface area contributed by atoms with Crippen LogP contribution in [0.4, 0.5) is 13.2 Å². The van der Waals surface area contributed by atoms with Crippen molar-refractivity contribution in [3.05, 3.63) is 35.0 Å². The van der Waals surface area contributed by atoms with Gasteiger partial charge in [-0.15, -0.1) is 0 Å². The molecule has 0 bridgehead atoms. The molecule has 0 saturated carbocycles. The first-order chi connectivity index (χ1) is 16.0. The van der Waals surface area contributed by atoms with E-state index in [9.17, 15) is 18.3 Å². The molecule has 1 aromatic carbocycles. The van der Waals surface area contributed by atoms with Gasteiger partial charge in [-0.3, -0.25) is 0 Å². The molecule has 2 aromatic rings. The highest BCUT2D eigenvalue weighted by atomic mass is 19.4. The third-order valence-corrected chi connectivity index (χ3v) is 9.36. The summed E-state index contributed by atoms with van der Waals surface area (Å²) in [4.78, 5) is 5.97. The van der Waals surface area contributed by atoms with Gasteiger partial charge in [0, 0.05) is 41.8 Å². The molecule has 0 spiro atoms. The van der Waals surface area contributed by atoms with Crippen LogP contribution in [0.25, 0.3) is 10.9 Å². The molecular formula is C27H37F3N2O2. The third-order valence-electron chi connectivity index (χ3n) is 9.36. The number of piperidine rings is 1. The van der Waals surface area contributed by atoms with Crippen LogP contribution in [0.1, 0.15) is 69.2 Å². The molecule has 0 radical (unpaired) electrons. The number of halogens is 3. The lowest BCUT2D eigenvalue weighted by molar-refractivity contribution is -0.137. The molecule has 3 atom stereocenters. The number of rotatable bonds is 4. The zero-order chi connectivity index (χ0) is 24.3. The van der Waals surface area contributed by atoms with Crippen molar-refractivity contribution in [1.29, 1.82) is 0 Å². The molecular weight excluding hydrogens is 441 g/mol. The molecule has 5 rings (SSSR count). The van der Waals surface area contributed by atoms with Crippen LogP contribution in [0.2, 0.25) is 0 Å². The summed E-state index contributed by atoms with van der Waals surface area (Å²) in [6.45, 7) is 10.4. The van der Waals surface area contributed by atoms with Crippen LogP contribution in [0.3, 0.4) is 0 Å². The summed E-state index contributed by atoms with van der Waals surface area (Å²) in [5.74, 6) is 1.20. The molecule has 1 unspecified atom stereocenters. The number of hydrogen-bond acceptors (Lipinski definition) is 3. The first kappa shape index (κ1) is 24.1. The number of hydrogen-bond donors (Lipinski definition) is 2.